The van der Waals surface area contributed by atoms with Crippen LogP contribution in [0.15, 0.2) is 0 Å². The van der Waals surface area contributed by atoms with Crippen molar-refractivity contribution < 1.29 is 47.2 Å². The molecule has 0 unspecified atom stereocenters. The molecular weight excluding hydrogens is 198 g/mol. The summed E-state index contributed by atoms with van der Waals surface area (Å²) in [6.07, 6.45) is 0. The van der Waals surface area contributed by atoms with Crippen LogP contribution in [0, 0.1) is 0 Å². The van der Waals surface area contributed by atoms with Crippen LogP contribution in [0.5, 0.6) is 0 Å². The summed E-state index contributed by atoms with van der Waals surface area (Å²) >= 11 is 0. The van der Waals surface area contributed by atoms with Crippen molar-refractivity contribution in [3.05, 3.63) is 0 Å². The number of rotatable bonds is 0. The van der Waals surface area contributed by atoms with Gasteiger partial charge in [0.05, 0.1) is 0 Å². The van der Waals surface area contributed by atoms with Gasteiger partial charge in [-0.3, -0.25) is 9.79 Å². The van der Waals surface area contributed by atoms with Crippen molar-refractivity contribution in [2.24, 2.45) is 0 Å². The third-order valence-corrected chi connectivity index (χ3v) is 0. The van der Waals surface area contributed by atoms with Crippen molar-refractivity contribution in [3.8, 4) is 0 Å². The molecule has 0 atom stereocenters. The Morgan fingerprint density at radius 3 is 0.727 bits per heavy atom. The van der Waals surface area contributed by atoms with Crippen LogP contribution in [0.3, 0.4) is 0 Å². The van der Waals surface area contributed by atoms with E-state index < -0.39 is 8.25 Å². The van der Waals surface area contributed by atoms with Crippen molar-refractivity contribution >= 4 is 37.8 Å². The van der Waals surface area contributed by atoms with Gasteiger partial charge in [0.1, 0.15) is 0 Å². The van der Waals surface area contributed by atoms with Crippen LogP contribution in [-0.2, 0) is 4.57 Å². The molecule has 0 fully saturated rings. The van der Waals surface area contributed by atoms with Crippen molar-refractivity contribution in [1.29, 1.82) is 0 Å². The molecule has 0 spiro atoms. The van der Waals surface area contributed by atoms with Crippen LogP contribution in [-0.4, -0.2) is 72.2 Å². The van der Waals surface area contributed by atoms with Gasteiger partial charge < -0.3 is 32.9 Å². The van der Waals surface area contributed by atoms with Gasteiger partial charge in [-0.05, 0) is 0 Å². The predicted molar refractivity (Wildman–Crippen MR) is 40.9 cm³/mol. The Balaban J connectivity index is -0.00000000214. The Labute approximate surface area is 85.1 Å². The molecule has 0 aliphatic heterocycles. The van der Waals surface area contributed by atoms with Crippen LogP contribution in [0.25, 0.3) is 0 Å². The van der Waals surface area contributed by atoms with Gasteiger partial charge in [-0.1, -0.05) is 0 Å². The Kier molecular flexibility index (Phi) is 629. The van der Waals surface area contributed by atoms with Gasteiger partial charge in [-0.25, -0.2) is 4.57 Å². The standard InChI is InChI=1S/Na.H2O3P.6H2O.H/c;1-4(2)3;;;;;;;/h;(H2,1,2,3);6*1H2;. The monoisotopic (exact) mass is 213 g/mol. The van der Waals surface area contributed by atoms with Crippen LogP contribution < -0.4 is 0 Å². The molecule has 0 saturated carbocycles. The molecule has 0 aromatic rings. The molecule has 11 heavy (non-hydrogen) atoms. The molecule has 0 heterocycles. The molecule has 14 N–H and O–H groups in total. The summed E-state index contributed by atoms with van der Waals surface area (Å²) in [5.41, 5.74) is 0. The van der Waals surface area contributed by atoms with E-state index in [1.54, 1.807) is 0 Å². The van der Waals surface area contributed by atoms with Gasteiger partial charge in [-0.15, -0.1) is 0 Å². The van der Waals surface area contributed by atoms with Gasteiger partial charge in [0.2, 0.25) is 0 Å². The summed E-state index contributed by atoms with van der Waals surface area (Å²) in [5, 5.41) is 0. The molecule has 0 aromatic heterocycles. The van der Waals surface area contributed by atoms with Gasteiger partial charge >= 0.3 is 37.8 Å². The molecule has 0 amide bonds. The molecule has 0 aliphatic carbocycles. The normalized spacial score (nSPS) is 2.36. The second-order valence-electron chi connectivity index (χ2n) is 0.253. The third-order valence-electron chi connectivity index (χ3n) is 0. The first-order chi connectivity index (χ1) is 1.73. The SMILES string of the molecule is O.O.O.O.O.O.O=[P](O)O.[NaH]. The fourth-order valence-electron chi connectivity index (χ4n) is 0. The fraction of sp³-hybridized carbons (Fsp3) is 0. The first kappa shape index (κ1) is 95.8. The second kappa shape index (κ2) is 72.2. The van der Waals surface area contributed by atoms with E-state index in [1.165, 1.54) is 0 Å². The molecule has 9 nitrogen and oxygen atoms in total. The Morgan fingerprint density at radius 1 is 0.727 bits per heavy atom. The van der Waals surface area contributed by atoms with E-state index >= 15 is 0 Å². The minimum absolute atomic E-state index is 0. The molecule has 75 valence electrons. The van der Waals surface area contributed by atoms with Gasteiger partial charge in [0.15, 0.2) is 0 Å². The van der Waals surface area contributed by atoms with Crippen LogP contribution in [0.1, 0.15) is 0 Å². The second-order valence-corrected chi connectivity index (χ2v) is 0.758. The number of hydrogen-bond acceptors (Lipinski definition) is 1. The van der Waals surface area contributed by atoms with Crippen molar-refractivity contribution in [1.82, 2.24) is 0 Å². The summed E-state index contributed by atoms with van der Waals surface area (Å²) in [4.78, 5) is 14.2. The predicted octanol–water partition coefficient (Wildman–Crippen LogP) is -5.97. The maximum absolute atomic E-state index is 8.70. The minimum atomic E-state index is -2.87. The quantitative estimate of drug-likeness (QED) is 0.294. The van der Waals surface area contributed by atoms with E-state index in [0.717, 1.165) is 0 Å². The molecule has 0 bridgehead atoms. The van der Waals surface area contributed by atoms with E-state index in [0.29, 0.717) is 0 Å². The summed E-state index contributed by atoms with van der Waals surface area (Å²) in [6, 6.07) is 0. The zero-order chi connectivity index (χ0) is 3.58. The van der Waals surface area contributed by atoms with Crippen LogP contribution >= 0.6 is 8.25 Å². The summed E-state index contributed by atoms with van der Waals surface area (Å²) < 4.78 is 8.70. The number of hydrogen-bond donors (Lipinski definition) is 2. The Morgan fingerprint density at radius 2 is 0.727 bits per heavy atom. The average molecular weight is 213 g/mol. The summed E-state index contributed by atoms with van der Waals surface area (Å²) in [5.74, 6) is 0. The molecule has 1 radical (unpaired) electrons. The van der Waals surface area contributed by atoms with Crippen molar-refractivity contribution in [3.63, 3.8) is 0 Å². The van der Waals surface area contributed by atoms with Crippen LogP contribution in [0.4, 0.5) is 0 Å². The van der Waals surface area contributed by atoms with Crippen molar-refractivity contribution in [2.75, 3.05) is 0 Å². The zero-order valence-corrected chi connectivity index (χ0v) is 5.64. The first-order valence-electron chi connectivity index (χ1n) is 0.583. The fourth-order valence-corrected chi connectivity index (χ4v) is 0. The van der Waals surface area contributed by atoms with Gasteiger partial charge in [-0.2, -0.15) is 0 Å². The van der Waals surface area contributed by atoms with Gasteiger partial charge in [0.25, 0.3) is 0 Å². The molecule has 0 saturated heterocycles. The van der Waals surface area contributed by atoms with E-state index in [1.807, 2.05) is 0 Å². The topological polar surface area (TPSA) is 247 Å². The average Bonchev–Trinajstić information content (AvgIpc) is 0.811. The molecule has 11 heteroatoms. The van der Waals surface area contributed by atoms with E-state index in [-0.39, 0.29) is 62.4 Å². The molecular formula is H15NaO9P. The summed E-state index contributed by atoms with van der Waals surface area (Å²) in [6.45, 7) is 0. The van der Waals surface area contributed by atoms with Gasteiger partial charge in [0, 0.05) is 0 Å². The Hall–Kier alpha value is 0.780. The third kappa shape index (κ3) is 1370. The molecule has 0 aromatic carbocycles. The van der Waals surface area contributed by atoms with E-state index in [9.17, 15) is 0 Å². The molecule has 0 rings (SSSR count). The summed E-state index contributed by atoms with van der Waals surface area (Å²) in [7, 11) is -2.87. The maximum atomic E-state index is 8.70. The molecule has 0 aliphatic rings. The first-order valence-corrected chi connectivity index (χ1v) is 1.75. The van der Waals surface area contributed by atoms with Crippen LogP contribution in [0.2, 0.25) is 0 Å². The Bertz CT molecular complexity index is 32.5. The van der Waals surface area contributed by atoms with Crippen molar-refractivity contribution in [2.45, 2.75) is 0 Å². The van der Waals surface area contributed by atoms with E-state index in [2.05, 4.69) is 0 Å². The van der Waals surface area contributed by atoms with E-state index in [4.69, 9.17) is 14.4 Å². The zero-order valence-electron chi connectivity index (χ0n) is 4.75.